The number of likely N-dealkylation sites (N-methyl/N-ethyl adjacent to an activating group) is 1. The minimum Gasteiger partial charge on any atom is -0.497 e. The van der Waals surface area contributed by atoms with Crippen LogP contribution in [0.3, 0.4) is 0 Å². The highest BCUT2D eigenvalue weighted by Gasteiger charge is 2.42. The van der Waals surface area contributed by atoms with Crippen molar-refractivity contribution in [3.8, 4) is 11.5 Å². The number of carbonyl (C=O) groups is 2. The molecule has 0 atom stereocenters. The van der Waals surface area contributed by atoms with Crippen molar-refractivity contribution < 1.29 is 19.1 Å². The molecule has 34 heavy (non-hydrogen) atoms. The topological polar surface area (TPSA) is 59.1 Å². The van der Waals surface area contributed by atoms with Gasteiger partial charge in [-0.2, -0.15) is 0 Å². The van der Waals surface area contributed by atoms with E-state index in [1.165, 1.54) is 4.90 Å². The molecule has 0 unspecified atom stereocenters. The summed E-state index contributed by atoms with van der Waals surface area (Å²) in [6.07, 6.45) is 0. The smallest absolute Gasteiger partial charge is 0.282 e. The number of anilines is 1. The quantitative estimate of drug-likeness (QED) is 0.429. The Hall–Kier alpha value is -4.06. The van der Waals surface area contributed by atoms with E-state index in [0.717, 1.165) is 5.56 Å². The zero-order valence-electron chi connectivity index (χ0n) is 19.7. The van der Waals surface area contributed by atoms with Crippen LogP contribution in [0.2, 0.25) is 0 Å². The fourth-order valence-electron chi connectivity index (χ4n) is 4.10. The van der Waals surface area contributed by atoms with Crippen molar-refractivity contribution >= 4 is 23.1 Å². The lowest BCUT2D eigenvalue weighted by molar-refractivity contribution is -0.120. The Balaban J connectivity index is 1.81. The van der Waals surface area contributed by atoms with Gasteiger partial charge in [-0.15, -0.1) is 0 Å². The van der Waals surface area contributed by atoms with E-state index >= 15 is 0 Å². The van der Waals surface area contributed by atoms with Crippen molar-refractivity contribution in [2.75, 3.05) is 25.2 Å². The van der Waals surface area contributed by atoms with Crippen molar-refractivity contribution in [2.45, 2.75) is 20.4 Å². The third-order valence-corrected chi connectivity index (χ3v) is 5.74. The first kappa shape index (κ1) is 23.1. The van der Waals surface area contributed by atoms with Crippen LogP contribution >= 0.6 is 0 Å². The van der Waals surface area contributed by atoms with Crippen molar-refractivity contribution in [2.24, 2.45) is 0 Å². The number of nitrogens with zero attached hydrogens (tertiary/aromatic N) is 2. The molecule has 0 radical (unpaired) electrons. The van der Waals surface area contributed by atoms with E-state index in [1.54, 1.807) is 37.4 Å². The Kier molecular flexibility index (Phi) is 6.97. The Morgan fingerprint density at radius 3 is 2.21 bits per heavy atom. The summed E-state index contributed by atoms with van der Waals surface area (Å²) in [7, 11) is 1.59. The summed E-state index contributed by atoms with van der Waals surface area (Å²) in [5.41, 5.74) is 2.99. The number of benzene rings is 3. The Bertz CT molecular complexity index is 1200. The number of hydrogen-bond acceptors (Lipinski definition) is 5. The van der Waals surface area contributed by atoms with E-state index in [0.29, 0.717) is 53.7 Å². The van der Waals surface area contributed by atoms with Gasteiger partial charge in [0.05, 0.1) is 25.0 Å². The summed E-state index contributed by atoms with van der Waals surface area (Å²) < 4.78 is 10.9. The molecule has 0 saturated carbocycles. The van der Waals surface area contributed by atoms with E-state index in [4.69, 9.17) is 9.47 Å². The molecule has 6 nitrogen and oxygen atoms in total. The molecule has 4 rings (SSSR count). The number of hydrogen-bond donors (Lipinski definition) is 0. The summed E-state index contributed by atoms with van der Waals surface area (Å²) in [5, 5.41) is 0. The summed E-state index contributed by atoms with van der Waals surface area (Å²) >= 11 is 0. The van der Waals surface area contributed by atoms with Crippen LogP contribution in [-0.2, 0) is 16.1 Å². The molecule has 3 aromatic carbocycles. The van der Waals surface area contributed by atoms with Crippen molar-refractivity contribution in [3.63, 3.8) is 0 Å². The highest BCUT2D eigenvalue weighted by atomic mass is 16.5. The Morgan fingerprint density at radius 2 is 1.56 bits per heavy atom. The van der Waals surface area contributed by atoms with Gasteiger partial charge in [0.1, 0.15) is 17.2 Å². The first-order chi connectivity index (χ1) is 16.6. The predicted octanol–water partition coefficient (Wildman–Crippen LogP) is 4.90. The first-order valence-corrected chi connectivity index (χ1v) is 11.4. The number of imide groups is 1. The molecule has 0 aromatic heterocycles. The average Bonchev–Trinajstić information content (AvgIpc) is 3.13. The van der Waals surface area contributed by atoms with Crippen LogP contribution < -0.4 is 14.4 Å². The molecule has 1 aliphatic heterocycles. The molecule has 6 heteroatoms. The SMILES string of the molecule is CCOc1cccc(N2C(=O)C(c3ccc(OC)cc3)=C(N(CC)Cc3ccccc3)C2=O)c1. The van der Waals surface area contributed by atoms with Gasteiger partial charge in [-0.1, -0.05) is 48.5 Å². The molecule has 1 heterocycles. The van der Waals surface area contributed by atoms with Crippen LogP contribution in [0.15, 0.2) is 84.6 Å². The molecule has 3 aromatic rings. The molecular weight excluding hydrogens is 428 g/mol. The second kappa shape index (κ2) is 10.3. The van der Waals surface area contributed by atoms with Crippen molar-refractivity contribution in [3.05, 3.63) is 95.7 Å². The fraction of sp³-hybridized carbons (Fsp3) is 0.214. The first-order valence-electron chi connectivity index (χ1n) is 11.4. The zero-order valence-corrected chi connectivity index (χ0v) is 19.7. The Morgan fingerprint density at radius 1 is 0.824 bits per heavy atom. The van der Waals surface area contributed by atoms with Crippen molar-refractivity contribution in [1.82, 2.24) is 4.90 Å². The van der Waals surface area contributed by atoms with Crippen LogP contribution in [0, 0.1) is 0 Å². The lowest BCUT2D eigenvalue weighted by Gasteiger charge is -2.25. The van der Waals surface area contributed by atoms with Gasteiger partial charge in [0.15, 0.2) is 0 Å². The Labute approximate surface area is 200 Å². The van der Waals surface area contributed by atoms with Gasteiger partial charge in [0, 0.05) is 19.2 Å². The van der Waals surface area contributed by atoms with Crippen LogP contribution in [0.25, 0.3) is 5.57 Å². The molecule has 0 fully saturated rings. The molecule has 0 N–H and O–H groups in total. The monoisotopic (exact) mass is 456 g/mol. The number of carbonyl (C=O) groups excluding carboxylic acids is 2. The van der Waals surface area contributed by atoms with Crippen molar-refractivity contribution in [1.29, 1.82) is 0 Å². The van der Waals surface area contributed by atoms with Crippen LogP contribution in [-0.4, -0.2) is 37.0 Å². The lowest BCUT2D eigenvalue weighted by Crippen LogP contribution is -2.35. The van der Waals surface area contributed by atoms with Crippen LogP contribution in [0.5, 0.6) is 11.5 Å². The second-order valence-electron chi connectivity index (χ2n) is 7.83. The van der Waals surface area contributed by atoms with Gasteiger partial charge in [0.25, 0.3) is 11.8 Å². The van der Waals surface area contributed by atoms with Gasteiger partial charge in [-0.25, -0.2) is 4.90 Å². The van der Waals surface area contributed by atoms with E-state index < -0.39 is 0 Å². The molecule has 0 saturated heterocycles. The molecule has 2 amide bonds. The van der Waals surface area contributed by atoms with E-state index in [-0.39, 0.29) is 11.8 Å². The minimum atomic E-state index is -0.356. The number of ether oxygens (including phenoxy) is 2. The lowest BCUT2D eigenvalue weighted by atomic mass is 10.0. The predicted molar refractivity (Wildman–Crippen MR) is 133 cm³/mol. The van der Waals surface area contributed by atoms with Crippen LogP contribution in [0.4, 0.5) is 5.69 Å². The maximum atomic E-state index is 13.8. The minimum absolute atomic E-state index is 0.345. The average molecular weight is 457 g/mol. The third-order valence-electron chi connectivity index (χ3n) is 5.74. The maximum Gasteiger partial charge on any atom is 0.282 e. The zero-order chi connectivity index (χ0) is 24.1. The second-order valence-corrected chi connectivity index (χ2v) is 7.83. The molecule has 0 spiro atoms. The molecule has 0 bridgehead atoms. The highest BCUT2D eigenvalue weighted by Crippen LogP contribution is 2.36. The maximum absolute atomic E-state index is 13.8. The number of rotatable bonds is 9. The largest absolute Gasteiger partial charge is 0.497 e. The number of amides is 2. The van der Waals surface area contributed by atoms with Gasteiger partial charge in [-0.05, 0) is 49.2 Å². The molecular formula is C28H28N2O4. The summed E-state index contributed by atoms with van der Waals surface area (Å²) in [6.45, 7) is 5.45. The van der Waals surface area contributed by atoms with Gasteiger partial charge in [-0.3, -0.25) is 9.59 Å². The standard InChI is InChI=1S/C28H28N2O4/c1-4-29(19-20-10-7-6-8-11-20)26-25(21-14-16-23(33-3)17-15-21)27(31)30(28(26)32)22-12-9-13-24(18-22)34-5-2/h6-18H,4-5,19H2,1-3H3. The third kappa shape index (κ3) is 4.53. The molecule has 0 aliphatic carbocycles. The van der Waals surface area contributed by atoms with E-state index in [1.807, 2.05) is 67.3 Å². The van der Waals surface area contributed by atoms with Gasteiger partial charge in [0.2, 0.25) is 0 Å². The fourth-order valence-corrected chi connectivity index (χ4v) is 4.10. The van der Waals surface area contributed by atoms with E-state index in [9.17, 15) is 9.59 Å². The normalized spacial score (nSPS) is 13.4. The summed E-state index contributed by atoms with van der Waals surface area (Å²) in [5.74, 6) is 0.588. The van der Waals surface area contributed by atoms with Crippen LogP contribution in [0.1, 0.15) is 25.0 Å². The number of methoxy groups -OCH3 is 1. The molecule has 174 valence electrons. The molecule has 1 aliphatic rings. The summed E-state index contributed by atoms with van der Waals surface area (Å²) in [4.78, 5) is 30.8. The summed E-state index contributed by atoms with van der Waals surface area (Å²) in [6, 6.07) is 24.2. The highest BCUT2D eigenvalue weighted by molar-refractivity contribution is 6.45. The van der Waals surface area contributed by atoms with E-state index in [2.05, 4.69) is 0 Å². The van der Waals surface area contributed by atoms with Gasteiger partial charge >= 0.3 is 0 Å². The van der Waals surface area contributed by atoms with Gasteiger partial charge < -0.3 is 14.4 Å².